The van der Waals surface area contributed by atoms with Gasteiger partial charge in [0.1, 0.15) is 11.6 Å². The Balaban J connectivity index is 1.77. The molecule has 2 heterocycles. The number of nitrogens with zero attached hydrogens (tertiary/aromatic N) is 6. The number of rotatable bonds is 8. The summed E-state index contributed by atoms with van der Waals surface area (Å²) in [6.07, 6.45) is 0.907. The second kappa shape index (κ2) is 9.75. The molecule has 3 rings (SSSR count). The van der Waals surface area contributed by atoms with Gasteiger partial charge in [0.15, 0.2) is 0 Å². The molecular weight excluding hydrogens is 425 g/mol. The van der Waals surface area contributed by atoms with Crippen molar-refractivity contribution >= 4 is 5.91 Å². The number of ether oxygens (including phenoxy) is 1. The molecule has 170 valence electrons. The zero-order chi connectivity index (χ0) is 23.3. The lowest BCUT2D eigenvalue weighted by molar-refractivity contribution is -0.138. The second-order valence-electron chi connectivity index (χ2n) is 7.07. The number of carbonyl (C=O) groups excluding carboxylic acids is 1. The van der Waals surface area contributed by atoms with Crippen molar-refractivity contribution in [3.05, 3.63) is 59.9 Å². The van der Waals surface area contributed by atoms with E-state index in [1.165, 1.54) is 24.3 Å². The normalized spacial score (nSPS) is 12.4. The largest absolute Gasteiger partial charge is 0.497 e. The van der Waals surface area contributed by atoms with Crippen molar-refractivity contribution in [3.8, 4) is 11.4 Å². The van der Waals surface area contributed by atoms with Crippen LogP contribution in [0.1, 0.15) is 42.0 Å². The summed E-state index contributed by atoms with van der Waals surface area (Å²) in [6, 6.07) is 4.84. The first-order valence-electron chi connectivity index (χ1n) is 9.98. The van der Waals surface area contributed by atoms with Crippen LogP contribution in [0.5, 0.6) is 5.75 Å². The SMILES string of the molecule is CCN(C(=O)c1cc(OC)ccc1-n1nccn1)[C@@H](C)CCc1ncc(C(F)(F)F)cn1. The van der Waals surface area contributed by atoms with Gasteiger partial charge in [-0.05, 0) is 38.5 Å². The van der Waals surface area contributed by atoms with Crippen LogP contribution in [0.2, 0.25) is 0 Å². The molecule has 0 aliphatic rings. The van der Waals surface area contributed by atoms with E-state index in [1.54, 1.807) is 23.1 Å². The Morgan fingerprint density at radius 3 is 2.41 bits per heavy atom. The molecule has 0 aliphatic heterocycles. The molecule has 0 unspecified atom stereocenters. The predicted molar refractivity (Wildman–Crippen MR) is 109 cm³/mol. The number of hydrogen-bond acceptors (Lipinski definition) is 6. The molecule has 0 radical (unpaired) electrons. The fourth-order valence-corrected chi connectivity index (χ4v) is 3.26. The number of halogens is 3. The molecule has 2 aromatic heterocycles. The lowest BCUT2D eigenvalue weighted by Crippen LogP contribution is -2.39. The monoisotopic (exact) mass is 448 g/mol. The van der Waals surface area contributed by atoms with Gasteiger partial charge in [0.05, 0.1) is 36.3 Å². The zero-order valence-electron chi connectivity index (χ0n) is 17.9. The van der Waals surface area contributed by atoms with E-state index in [9.17, 15) is 18.0 Å². The van der Waals surface area contributed by atoms with Gasteiger partial charge in [-0.25, -0.2) is 9.97 Å². The highest BCUT2D eigenvalue weighted by molar-refractivity contribution is 5.98. The lowest BCUT2D eigenvalue weighted by Gasteiger charge is -2.29. The molecule has 1 amide bonds. The van der Waals surface area contributed by atoms with Gasteiger partial charge < -0.3 is 9.64 Å². The maximum atomic E-state index is 13.4. The maximum absolute atomic E-state index is 13.4. The van der Waals surface area contributed by atoms with Crippen molar-refractivity contribution in [2.24, 2.45) is 0 Å². The van der Waals surface area contributed by atoms with E-state index in [0.717, 1.165) is 12.4 Å². The first-order valence-corrected chi connectivity index (χ1v) is 9.98. The third kappa shape index (κ3) is 5.21. The highest BCUT2D eigenvalue weighted by Gasteiger charge is 2.31. The van der Waals surface area contributed by atoms with Gasteiger partial charge >= 0.3 is 6.18 Å². The molecule has 0 saturated heterocycles. The number of aryl methyl sites for hydroxylation is 1. The van der Waals surface area contributed by atoms with Crippen LogP contribution in [-0.2, 0) is 12.6 Å². The average Bonchev–Trinajstić information content (AvgIpc) is 3.32. The molecule has 0 bridgehead atoms. The fraction of sp³-hybridized carbons (Fsp3) is 0.381. The Bertz CT molecular complexity index is 1040. The van der Waals surface area contributed by atoms with Crippen LogP contribution in [0.4, 0.5) is 13.2 Å². The van der Waals surface area contributed by atoms with E-state index < -0.39 is 11.7 Å². The number of carbonyl (C=O) groups is 1. The van der Waals surface area contributed by atoms with Gasteiger partial charge in [-0.15, -0.1) is 0 Å². The van der Waals surface area contributed by atoms with Crippen LogP contribution < -0.4 is 4.74 Å². The second-order valence-corrected chi connectivity index (χ2v) is 7.07. The summed E-state index contributed by atoms with van der Waals surface area (Å²) in [6.45, 7) is 4.16. The predicted octanol–water partition coefficient (Wildman–Crippen LogP) is 3.57. The van der Waals surface area contributed by atoms with E-state index >= 15 is 0 Å². The molecule has 0 saturated carbocycles. The minimum atomic E-state index is -4.48. The van der Waals surface area contributed by atoms with E-state index in [0.29, 0.717) is 36.4 Å². The maximum Gasteiger partial charge on any atom is 0.419 e. The Morgan fingerprint density at radius 1 is 1.19 bits per heavy atom. The summed E-state index contributed by atoms with van der Waals surface area (Å²) in [5, 5.41) is 8.23. The van der Waals surface area contributed by atoms with Gasteiger partial charge in [0.2, 0.25) is 0 Å². The molecule has 0 aliphatic carbocycles. The van der Waals surface area contributed by atoms with Crippen LogP contribution in [-0.4, -0.2) is 55.5 Å². The minimum absolute atomic E-state index is 0.219. The standard InChI is InChI=1S/C21H23F3N6O2/c1-4-29(14(2)5-8-19-25-12-15(13-26-19)21(22,23)24)20(31)17-11-16(32-3)6-7-18(17)30-27-9-10-28-30/h6-7,9-14H,4-5,8H2,1-3H3/t14-/m0/s1. The average molecular weight is 448 g/mol. The molecule has 3 aromatic rings. The number of amides is 1. The van der Waals surface area contributed by atoms with Crippen molar-refractivity contribution in [3.63, 3.8) is 0 Å². The summed E-state index contributed by atoms with van der Waals surface area (Å²) in [5.41, 5.74) is -0.00463. The molecular formula is C21H23F3N6O2. The Morgan fingerprint density at radius 2 is 1.84 bits per heavy atom. The Labute approximate surface area is 183 Å². The number of benzene rings is 1. The Hall–Kier alpha value is -3.50. The molecule has 0 spiro atoms. The van der Waals surface area contributed by atoms with E-state index in [1.807, 2.05) is 13.8 Å². The fourth-order valence-electron chi connectivity index (χ4n) is 3.26. The molecule has 1 aromatic carbocycles. The van der Waals surface area contributed by atoms with Crippen molar-refractivity contribution in [2.75, 3.05) is 13.7 Å². The quantitative estimate of drug-likeness (QED) is 0.524. The van der Waals surface area contributed by atoms with Crippen LogP contribution in [0.25, 0.3) is 5.69 Å². The van der Waals surface area contributed by atoms with Gasteiger partial charge in [-0.2, -0.15) is 28.2 Å². The highest BCUT2D eigenvalue weighted by Crippen LogP contribution is 2.28. The van der Waals surface area contributed by atoms with E-state index in [-0.39, 0.29) is 17.8 Å². The van der Waals surface area contributed by atoms with Gasteiger partial charge in [0.25, 0.3) is 5.91 Å². The summed E-state index contributed by atoms with van der Waals surface area (Å²) in [4.78, 5) is 24.1. The van der Waals surface area contributed by atoms with Gasteiger partial charge in [-0.1, -0.05) is 0 Å². The third-order valence-corrected chi connectivity index (χ3v) is 5.02. The van der Waals surface area contributed by atoms with Gasteiger partial charge in [-0.3, -0.25) is 4.79 Å². The molecule has 1 atom stereocenters. The number of methoxy groups -OCH3 is 1. The van der Waals surface area contributed by atoms with Crippen molar-refractivity contribution in [1.29, 1.82) is 0 Å². The van der Waals surface area contributed by atoms with Crippen LogP contribution in [0.3, 0.4) is 0 Å². The smallest absolute Gasteiger partial charge is 0.419 e. The first-order chi connectivity index (χ1) is 15.2. The molecule has 32 heavy (non-hydrogen) atoms. The summed E-state index contributed by atoms with van der Waals surface area (Å²) < 4.78 is 43.3. The molecule has 0 N–H and O–H groups in total. The number of aromatic nitrogens is 5. The lowest BCUT2D eigenvalue weighted by atomic mass is 10.1. The summed E-state index contributed by atoms with van der Waals surface area (Å²) >= 11 is 0. The molecule has 11 heteroatoms. The van der Waals surface area contributed by atoms with Crippen molar-refractivity contribution < 1.29 is 22.7 Å². The van der Waals surface area contributed by atoms with Crippen molar-refractivity contribution in [1.82, 2.24) is 29.9 Å². The first kappa shape index (κ1) is 23.2. The van der Waals surface area contributed by atoms with E-state index in [2.05, 4.69) is 20.2 Å². The Kier molecular flexibility index (Phi) is 7.06. The number of alkyl halides is 3. The zero-order valence-corrected chi connectivity index (χ0v) is 17.9. The van der Waals surface area contributed by atoms with Crippen LogP contribution >= 0.6 is 0 Å². The van der Waals surface area contributed by atoms with Crippen LogP contribution in [0, 0.1) is 0 Å². The molecule has 8 nitrogen and oxygen atoms in total. The molecule has 0 fully saturated rings. The summed E-state index contributed by atoms with van der Waals surface area (Å²) in [5.74, 6) is 0.571. The van der Waals surface area contributed by atoms with Crippen LogP contribution in [0.15, 0.2) is 43.0 Å². The third-order valence-electron chi connectivity index (χ3n) is 5.02. The number of hydrogen-bond donors (Lipinski definition) is 0. The van der Waals surface area contributed by atoms with Crippen molar-refractivity contribution in [2.45, 2.75) is 38.9 Å². The minimum Gasteiger partial charge on any atom is -0.497 e. The highest BCUT2D eigenvalue weighted by atomic mass is 19.4. The summed E-state index contributed by atoms with van der Waals surface area (Å²) in [7, 11) is 1.51. The van der Waals surface area contributed by atoms with Gasteiger partial charge in [0, 0.05) is 31.4 Å². The topological polar surface area (TPSA) is 86.0 Å². The van der Waals surface area contributed by atoms with E-state index in [4.69, 9.17) is 4.74 Å².